The zero-order valence-corrected chi connectivity index (χ0v) is 11.2. The van der Waals surface area contributed by atoms with E-state index in [2.05, 4.69) is 10.5 Å². The Labute approximate surface area is 111 Å². The molecule has 1 amide bonds. The molecule has 0 aliphatic heterocycles. The Balaban J connectivity index is 2.07. The molecule has 1 aromatic heterocycles. The molecule has 2 N–H and O–H groups in total. The number of nitrogens with one attached hydrogen (secondary N) is 1. The van der Waals surface area contributed by atoms with Crippen molar-refractivity contribution in [3.8, 4) is 5.75 Å². The number of nitrogens with zero attached hydrogens (tertiary/aromatic N) is 1. The summed E-state index contributed by atoms with van der Waals surface area (Å²) in [4.78, 5) is 12.0. The van der Waals surface area contributed by atoms with E-state index in [4.69, 9.17) is 4.52 Å². The lowest BCUT2D eigenvalue weighted by molar-refractivity contribution is 0.0950. The predicted molar refractivity (Wildman–Crippen MR) is 70.0 cm³/mol. The fraction of sp³-hybridized carbons (Fsp3) is 0.286. The number of carbonyl (C=O) groups excluding carboxylic acids is 1. The first kappa shape index (κ1) is 13.1. The summed E-state index contributed by atoms with van der Waals surface area (Å²) in [6.07, 6.45) is 0. The summed E-state index contributed by atoms with van der Waals surface area (Å²) in [6.45, 7) is 5.77. The Bertz CT molecular complexity index is 598. The van der Waals surface area contributed by atoms with Gasteiger partial charge in [-0.05, 0) is 38.5 Å². The fourth-order valence-corrected chi connectivity index (χ4v) is 1.78. The summed E-state index contributed by atoms with van der Waals surface area (Å²) in [6, 6.07) is 4.84. The van der Waals surface area contributed by atoms with Gasteiger partial charge in [-0.25, -0.2) is 0 Å². The van der Waals surface area contributed by atoms with E-state index in [0.29, 0.717) is 17.9 Å². The van der Waals surface area contributed by atoms with Gasteiger partial charge in [-0.1, -0.05) is 11.2 Å². The molecule has 0 unspecified atom stereocenters. The second-order valence-electron chi connectivity index (χ2n) is 4.49. The highest BCUT2D eigenvalue weighted by Crippen LogP contribution is 2.17. The predicted octanol–water partition coefficient (Wildman–Crippen LogP) is 2.24. The number of hydrogen-bond donors (Lipinski definition) is 2. The van der Waals surface area contributed by atoms with Crippen LogP contribution >= 0.6 is 0 Å². The zero-order chi connectivity index (χ0) is 14.0. The third kappa shape index (κ3) is 2.76. The normalized spacial score (nSPS) is 10.5. The van der Waals surface area contributed by atoms with Crippen molar-refractivity contribution in [2.45, 2.75) is 27.3 Å². The van der Waals surface area contributed by atoms with Crippen LogP contribution in [0.15, 0.2) is 22.7 Å². The van der Waals surface area contributed by atoms with Gasteiger partial charge in [-0.15, -0.1) is 0 Å². The van der Waals surface area contributed by atoms with Crippen LogP contribution in [0.4, 0.5) is 0 Å². The van der Waals surface area contributed by atoms with Crippen LogP contribution in [0.2, 0.25) is 0 Å². The first-order valence-electron chi connectivity index (χ1n) is 5.98. The Kier molecular flexibility index (Phi) is 3.55. The van der Waals surface area contributed by atoms with Crippen molar-refractivity contribution in [1.29, 1.82) is 0 Å². The Morgan fingerprint density at radius 3 is 2.68 bits per heavy atom. The molecule has 2 rings (SSSR count). The Hall–Kier alpha value is -2.30. The van der Waals surface area contributed by atoms with Crippen molar-refractivity contribution >= 4 is 5.91 Å². The molecule has 0 bridgehead atoms. The van der Waals surface area contributed by atoms with Crippen LogP contribution in [-0.2, 0) is 6.54 Å². The van der Waals surface area contributed by atoms with E-state index in [1.165, 1.54) is 6.07 Å². The largest absolute Gasteiger partial charge is 0.508 e. The van der Waals surface area contributed by atoms with Crippen molar-refractivity contribution in [2.24, 2.45) is 0 Å². The summed E-state index contributed by atoms with van der Waals surface area (Å²) in [5.41, 5.74) is 2.81. The number of carbonyl (C=O) groups is 1. The minimum Gasteiger partial charge on any atom is -0.508 e. The highest BCUT2D eigenvalue weighted by molar-refractivity contribution is 5.94. The first-order valence-corrected chi connectivity index (χ1v) is 5.98. The molecule has 1 aromatic carbocycles. The lowest BCUT2D eigenvalue weighted by Gasteiger charge is -2.06. The van der Waals surface area contributed by atoms with Crippen LogP contribution < -0.4 is 5.32 Å². The molecule has 0 atom stereocenters. The number of hydrogen-bond acceptors (Lipinski definition) is 4. The Morgan fingerprint density at radius 2 is 2.11 bits per heavy atom. The van der Waals surface area contributed by atoms with Crippen LogP contribution in [0.25, 0.3) is 0 Å². The second kappa shape index (κ2) is 5.14. The van der Waals surface area contributed by atoms with Crippen LogP contribution in [0.3, 0.4) is 0 Å². The molecule has 0 fully saturated rings. The van der Waals surface area contributed by atoms with E-state index in [0.717, 1.165) is 16.8 Å². The van der Waals surface area contributed by atoms with E-state index in [9.17, 15) is 9.90 Å². The number of benzene rings is 1. The molecule has 2 aromatic rings. The second-order valence-corrected chi connectivity index (χ2v) is 4.49. The number of phenols is 1. The van der Waals surface area contributed by atoms with Crippen LogP contribution in [0.5, 0.6) is 5.75 Å². The van der Waals surface area contributed by atoms with Gasteiger partial charge in [-0.3, -0.25) is 4.79 Å². The van der Waals surface area contributed by atoms with Gasteiger partial charge >= 0.3 is 0 Å². The van der Waals surface area contributed by atoms with Gasteiger partial charge in [0.2, 0.25) is 0 Å². The van der Waals surface area contributed by atoms with Gasteiger partial charge in [0, 0.05) is 17.7 Å². The third-order valence-electron chi connectivity index (χ3n) is 3.08. The first-order chi connectivity index (χ1) is 8.99. The molecular formula is C14H16N2O3. The lowest BCUT2D eigenvalue weighted by Crippen LogP contribution is -2.23. The quantitative estimate of drug-likeness (QED) is 0.887. The van der Waals surface area contributed by atoms with E-state index < -0.39 is 0 Å². The van der Waals surface area contributed by atoms with Gasteiger partial charge < -0.3 is 14.9 Å². The topological polar surface area (TPSA) is 75.4 Å². The van der Waals surface area contributed by atoms with Gasteiger partial charge in [0.1, 0.15) is 11.5 Å². The number of phenolic OH excluding ortho intramolecular Hbond substituents is 1. The summed E-state index contributed by atoms with van der Waals surface area (Å²) in [5.74, 6) is 0.574. The lowest BCUT2D eigenvalue weighted by atomic mass is 10.1. The fourth-order valence-electron chi connectivity index (χ4n) is 1.78. The van der Waals surface area contributed by atoms with Crippen molar-refractivity contribution in [3.63, 3.8) is 0 Å². The van der Waals surface area contributed by atoms with Crippen molar-refractivity contribution in [2.75, 3.05) is 0 Å². The summed E-state index contributed by atoms with van der Waals surface area (Å²) < 4.78 is 5.03. The number of aryl methyl sites for hydroxylation is 3. The maximum Gasteiger partial charge on any atom is 0.251 e. The smallest absolute Gasteiger partial charge is 0.251 e. The van der Waals surface area contributed by atoms with Crippen LogP contribution in [0.1, 0.15) is 32.9 Å². The molecule has 0 spiro atoms. The average Bonchev–Trinajstić information content (AvgIpc) is 2.69. The van der Waals surface area contributed by atoms with Gasteiger partial charge in [0.05, 0.1) is 5.69 Å². The van der Waals surface area contributed by atoms with Crippen molar-refractivity contribution in [1.82, 2.24) is 10.5 Å². The Morgan fingerprint density at radius 1 is 1.37 bits per heavy atom. The van der Waals surface area contributed by atoms with E-state index in [-0.39, 0.29) is 11.7 Å². The monoisotopic (exact) mass is 260 g/mol. The maximum atomic E-state index is 12.0. The molecule has 1 heterocycles. The molecule has 19 heavy (non-hydrogen) atoms. The summed E-state index contributed by atoms with van der Waals surface area (Å²) >= 11 is 0. The summed E-state index contributed by atoms with van der Waals surface area (Å²) in [7, 11) is 0. The SMILES string of the molecule is Cc1ccc(C(=O)NCc2c(C)noc2C)cc1O. The number of aromatic hydroxyl groups is 1. The van der Waals surface area contributed by atoms with E-state index in [1.807, 2.05) is 6.92 Å². The highest BCUT2D eigenvalue weighted by Gasteiger charge is 2.12. The number of rotatable bonds is 3. The standard InChI is InChI=1S/C14H16N2O3/c1-8-4-5-11(6-13(8)17)14(18)15-7-12-9(2)16-19-10(12)3/h4-6,17H,7H2,1-3H3,(H,15,18). The highest BCUT2D eigenvalue weighted by atomic mass is 16.5. The molecule has 5 heteroatoms. The minimum atomic E-state index is -0.240. The molecule has 0 radical (unpaired) electrons. The number of aromatic nitrogens is 1. The van der Waals surface area contributed by atoms with Gasteiger partial charge in [0.15, 0.2) is 0 Å². The van der Waals surface area contributed by atoms with E-state index in [1.54, 1.807) is 26.0 Å². The zero-order valence-electron chi connectivity index (χ0n) is 11.2. The molecular weight excluding hydrogens is 244 g/mol. The molecule has 0 aliphatic carbocycles. The maximum absolute atomic E-state index is 12.0. The van der Waals surface area contributed by atoms with E-state index >= 15 is 0 Å². The van der Waals surface area contributed by atoms with Crippen molar-refractivity contribution in [3.05, 3.63) is 46.3 Å². The average molecular weight is 260 g/mol. The van der Waals surface area contributed by atoms with Crippen LogP contribution in [-0.4, -0.2) is 16.2 Å². The molecule has 100 valence electrons. The van der Waals surface area contributed by atoms with Gasteiger partial charge in [0.25, 0.3) is 5.91 Å². The number of amides is 1. The minimum absolute atomic E-state index is 0.116. The third-order valence-corrected chi connectivity index (χ3v) is 3.08. The van der Waals surface area contributed by atoms with Crippen molar-refractivity contribution < 1.29 is 14.4 Å². The van der Waals surface area contributed by atoms with Gasteiger partial charge in [-0.2, -0.15) is 0 Å². The summed E-state index contributed by atoms with van der Waals surface area (Å²) in [5, 5.41) is 16.2. The molecule has 0 aliphatic rings. The van der Waals surface area contributed by atoms with Crippen LogP contribution in [0, 0.1) is 20.8 Å². The molecule has 5 nitrogen and oxygen atoms in total. The molecule has 0 saturated carbocycles. The molecule has 0 saturated heterocycles.